The highest BCUT2D eigenvalue weighted by molar-refractivity contribution is 7.90. The molecule has 2 N–H and O–H groups in total. The molecular weight excluding hydrogens is 272 g/mol. The van der Waals surface area contributed by atoms with Gasteiger partial charge in [0.2, 0.25) is 0 Å². The Bertz CT molecular complexity index is 534. The molecule has 6 nitrogen and oxygen atoms in total. The van der Waals surface area contributed by atoms with Crippen LogP contribution in [-0.2, 0) is 19.4 Å². The van der Waals surface area contributed by atoms with Gasteiger partial charge in [0.15, 0.2) is 15.9 Å². The van der Waals surface area contributed by atoms with E-state index in [0.717, 1.165) is 6.26 Å². The average molecular weight is 288 g/mol. The van der Waals surface area contributed by atoms with E-state index in [2.05, 4.69) is 4.74 Å². The number of rotatable bonds is 5. The van der Waals surface area contributed by atoms with Crippen LogP contribution in [0, 0.1) is 0 Å². The summed E-state index contributed by atoms with van der Waals surface area (Å²) in [4.78, 5) is 11.3. The SMILES string of the molecule is CCOC(=O)[C@H](O)[C@@H](O)c1ccc(S(C)(=O)=O)cc1. The molecule has 2 atom stereocenters. The highest BCUT2D eigenvalue weighted by atomic mass is 32.2. The molecule has 0 radical (unpaired) electrons. The molecule has 0 aliphatic rings. The maximum absolute atomic E-state index is 11.3. The second-order valence-electron chi connectivity index (χ2n) is 3.98. The van der Waals surface area contributed by atoms with E-state index in [4.69, 9.17) is 0 Å². The molecule has 1 aromatic carbocycles. The van der Waals surface area contributed by atoms with Gasteiger partial charge in [-0.15, -0.1) is 0 Å². The molecule has 0 spiro atoms. The zero-order chi connectivity index (χ0) is 14.6. The summed E-state index contributed by atoms with van der Waals surface area (Å²) in [6.07, 6.45) is -2.11. The summed E-state index contributed by atoms with van der Waals surface area (Å²) < 4.78 is 27.1. The van der Waals surface area contributed by atoms with Crippen molar-refractivity contribution in [1.29, 1.82) is 0 Å². The fourth-order valence-corrected chi connectivity index (χ4v) is 2.08. The van der Waals surface area contributed by atoms with Crippen molar-refractivity contribution in [2.45, 2.75) is 24.0 Å². The first-order valence-corrected chi connectivity index (χ1v) is 7.49. The summed E-state index contributed by atoms with van der Waals surface area (Å²) in [5.74, 6) is -0.929. The van der Waals surface area contributed by atoms with Gasteiger partial charge in [-0.25, -0.2) is 13.2 Å². The second-order valence-corrected chi connectivity index (χ2v) is 6.00. The van der Waals surface area contributed by atoms with Crippen LogP contribution in [0.1, 0.15) is 18.6 Å². The maximum atomic E-state index is 11.3. The lowest BCUT2D eigenvalue weighted by Gasteiger charge is -2.16. The minimum atomic E-state index is -3.33. The van der Waals surface area contributed by atoms with Crippen LogP contribution in [-0.4, -0.2) is 43.6 Å². The summed E-state index contributed by atoms with van der Waals surface area (Å²) >= 11 is 0. The van der Waals surface area contributed by atoms with Crippen molar-refractivity contribution in [1.82, 2.24) is 0 Å². The Morgan fingerprint density at radius 1 is 1.26 bits per heavy atom. The number of aliphatic hydroxyl groups is 2. The quantitative estimate of drug-likeness (QED) is 0.742. The van der Waals surface area contributed by atoms with Crippen LogP contribution >= 0.6 is 0 Å². The predicted molar refractivity (Wildman–Crippen MR) is 67.2 cm³/mol. The van der Waals surface area contributed by atoms with E-state index in [-0.39, 0.29) is 17.1 Å². The van der Waals surface area contributed by atoms with Crippen molar-refractivity contribution in [2.24, 2.45) is 0 Å². The summed E-state index contributed by atoms with van der Waals surface area (Å²) in [7, 11) is -3.33. The number of esters is 1. The van der Waals surface area contributed by atoms with Gasteiger partial charge in [-0.3, -0.25) is 0 Å². The first kappa shape index (κ1) is 15.6. The van der Waals surface area contributed by atoms with Crippen molar-refractivity contribution in [2.75, 3.05) is 12.9 Å². The van der Waals surface area contributed by atoms with E-state index in [9.17, 15) is 23.4 Å². The minimum Gasteiger partial charge on any atom is -0.464 e. The molecule has 0 aromatic heterocycles. The minimum absolute atomic E-state index is 0.0917. The molecule has 1 rings (SSSR count). The Hall–Kier alpha value is -1.44. The van der Waals surface area contributed by atoms with Crippen LogP contribution < -0.4 is 0 Å². The Kier molecular flexibility index (Phi) is 5.04. The number of aliphatic hydroxyl groups excluding tert-OH is 2. The fourth-order valence-electron chi connectivity index (χ4n) is 1.45. The molecule has 0 amide bonds. The molecule has 0 aliphatic heterocycles. The Morgan fingerprint density at radius 2 is 1.79 bits per heavy atom. The molecule has 0 heterocycles. The summed E-state index contributed by atoms with van der Waals surface area (Å²) in [6, 6.07) is 5.27. The van der Waals surface area contributed by atoms with Gasteiger partial charge < -0.3 is 14.9 Å². The largest absolute Gasteiger partial charge is 0.464 e. The van der Waals surface area contributed by atoms with Gasteiger partial charge in [-0.1, -0.05) is 12.1 Å². The summed E-state index contributed by atoms with van der Waals surface area (Å²) in [6.45, 7) is 1.67. The van der Waals surface area contributed by atoms with E-state index in [1.807, 2.05) is 0 Å². The number of hydrogen-bond acceptors (Lipinski definition) is 6. The van der Waals surface area contributed by atoms with Crippen LogP contribution in [0.15, 0.2) is 29.2 Å². The lowest BCUT2D eigenvalue weighted by Crippen LogP contribution is -2.29. The van der Waals surface area contributed by atoms with Gasteiger partial charge >= 0.3 is 5.97 Å². The first-order valence-electron chi connectivity index (χ1n) is 5.60. The first-order chi connectivity index (χ1) is 8.77. The molecule has 1 aromatic rings. The van der Waals surface area contributed by atoms with Gasteiger partial charge in [0, 0.05) is 6.26 Å². The third-order valence-electron chi connectivity index (χ3n) is 2.48. The molecule has 0 aliphatic carbocycles. The van der Waals surface area contributed by atoms with Gasteiger partial charge in [-0.2, -0.15) is 0 Å². The number of hydrogen-bond donors (Lipinski definition) is 2. The van der Waals surface area contributed by atoms with E-state index in [0.29, 0.717) is 0 Å². The summed E-state index contributed by atoms with van der Waals surface area (Å²) in [5, 5.41) is 19.3. The van der Waals surface area contributed by atoms with Crippen molar-refractivity contribution in [3.63, 3.8) is 0 Å². The monoisotopic (exact) mass is 288 g/mol. The number of carbonyl (C=O) groups is 1. The molecule has 0 unspecified atom stereocenters. The summed E-state index contributed by atoms with van der Waals surface area (Å²) in [5.41, 5.74) is 0.230. The second kappa shape index (κ2) is 6.14. The Morgan fingerprint density at radius 3 is 2.21 bits per heavy atom. The normalized spacial score (nSPS) is 14.7. The molecule has 106 valence electrons. The molecule has 0 saturated carbocycles. The van der Waals surface area contributed by atoms with Crippen LogP contribution in [0.5, 0.6) is 0 Å². The fraction of sp³-hybridized carbons (Fsp3) is 0.417. The number of carbonyl (C=O) groups excluding carboxylic acids is 1. The van der Waals surface area contributed by atoms with Crippen LogP contribution in [0.4, 0.5) is 0 Å². The van der Waals surface area contributed by atoms with Crippen LogP contribution in [0.2, 0.25) is 0 Å². The smallest absolute Gasteiger partial charge is 0.338 e. The molecule has 7 heteroatoms. The predicted octanol–water partition coefficient (Wildman–Crippen LogP) is 0.0475. The Balaban J connectivity index is 2.89. The van der Waals surface area contributed by atoms with Gasteiger partial charge in [0.25, 0.3) is 0 Å². The zero-order valence-electron chi connectivity index (χ0n) is 10.6. The van der Waals surface area contributed by atoms with Crippen molar-refractivity contribution in [3.05, 3.63) is 29.8 Å². The van der Waals surface area contributed by atoms with Crippen molar-refractivity contribution >= 4 is 15.8 Å². The highest BCUT2D eigenvalue weighted by Gasteiger charge is 2.27. The van der Waals surface area contributed by atoms with Crippen LogP contribution in [0.3, 0.4) is 0 Å². The average Bonchev–Trinajstić information content (AvgIpc) is 2.36. The molecule has 0 fully saturated rings. The van der Waals surface area contributed by atoms with E-state index in [1.54, 1.807) is 6.92 Å². The molecule has 0 bridgehead atoms. The topological polar surface area (TPSA) is 101 Å². The number of ether oxygens (including phenoxy) is 1. The standard InChI is InChI=1S/C12H16O6S/c1-3-18-12(15)11(14)10(13)8-4-6-9(7-5-8)19(2,16)17/h4-7,10-11,13-14H,3H2,1-2H3/t10-,11+/m0/s1. The van der Waals surface area contributed by atoms with Crippen molar-refractivity contribution in [3.8, 4) is 0 Å². The highest BCUT2D eigenvalue weighted by Crippen LogP contribution is 2.20. The van der Waals surface area contributed by atoms with Gasteiger partial charge in [-0.05, 0) is 24.6 Å². The van der Waals surface area contributed by atoms with Gasteiger partial charge in [0.05, 0.1) is 11.5 Å². The lowest BCUT2D eigenvalue weighted by atomic mass is 10.0. The third kappa shape index (κ3) is 4.02. The molecular formula is C12H16O6S. The van der Waals surface area contributed by atoms with Crippen LogP contribution in [0.25, 0.3) is 0 Å². The Labute approximate surface area is 111 Å². The zero-order valence-corrected chi connectivity index (χ0v) is 11.4. The van der Waals surface area contributed by atoms with Gasteiger partial charge in [0.1, 0.15) is 6.10 Å². The maximum Gasteiger partial charge on any atom is 0.338 e. The van der Waals surface area contributed by atoms with E-state index in [1.165, 1.54) is 24.3 Å². The number of benzene rings is 1. The van der Waals surface area contributed by atoms with E-state index >= 15 is 0 Å². The van der Waals surface area contributed by atoms with Crippen molar-refractivity contribution < 1.29 is 28.2 Å². The molecule has 19 heavy (non-hydrogen) atoms. The molecule has 0 saturated heterocycles. The third-order valence-corrected chi connectivity index (χ3v) is 3.61. The number of sulfone groups is 1. The van der Waals surface area contributed by atoms with E-state index < -0.39 is 28.0 Å². The lowest BCUT2D eigenvalue weighted by molar-refractivity contribution is -0.159.